The maximum atomic E-state index is 13.3. The van der Waals surface area contributed by atoms with Gasteiger partial charge < -0.3 is 15.2 Å². The van der Waals surface area contributed by atoms with Crippen LogP contribution in [-0.4, -0.2) is 23.6 Å². The molecule has 0 aliphatic carbocycles. The van der Waals surface area contributed by atoms with E-state index in [2.05, 4.69) is 5.32 Å². The number of hydrogen-bond donors (Lipinski definition) is 2. The number of carboxylic acid groups (broad SMARTS) is 1. The van der Waals surface area contributed by atoms with E-state index in [1.807, 2.05) is 0 Å². The largest absolute Gasteiger partial charge is 0.481 e. The molecule has 0 saturated carbocycles. The first-order valence-electron chi connectivity index (χ1n) is 6.52. The number of carbonyl (C=O) groups excluding carboxylic acids is 1. The molecule has 2 rings (SSSR count). The SMILES string of the molecule is O=C(COc1ccccc1F)NC(C(=O)O)c1ccccc1. The van der Waals surface area contributed by atoms with E-state index in [1.54, 1.807) is 36.4 Å². The lowest BCUT2D eigenvalue weighted by atomic mass is 10.1. The second kappa shape index (κ2) is 7.21. The number of aliphatic carboxylic acids is 1. The highest BCUT2D eigenvalue weighted by molar-refractivity contribution is 5.85. The number of rotatable bonds is 6. The molecule has 0 radical (unpaired) electrons. The Morgan fingerprint density at radius 3 is 2.36 bits per heavy atom. The van der Waals surface area contributed by atoms with Gasteiger partial charge in [-0.25, -0.2) is 9.18 Å². The van der Waals surface area contributed by atoms with Gasteiger partial charge in [0, 0.05) is 0 Å². The highest BCUT2D eigenvalue weighted by atomic mass is 19.1. The molecular formula is C16H14FNO4. The summed E-state index contributed by atoms with van der Waals surface area (Å²) in [6.07, 6.45) is 0. The molecule has 2 aromatic rings. The predicted octanol–water partition coefficient (Wildman–Crippen LogP) is 2.15. The monoisotopic (exact) mass is 303 g/mol. The number of amides is 1. The van der Waals surface area contributed by atoms with Crippen molar-refractivity contribution >= 4 is 11.9 Å². The molecular weight excluding hydrogens is 289 g/mol. The highest BCUT2D eigenvalue weighted by Crippen LogP contribution is 2.16. The smallest absolute Gasteiger partial charge is 0.330 e. The molecule has 1 unspecified atom stereocenters. The van der Waals surface area contributed by atoms with Crippen LogP contribution in [0.3, 0.4) is 0 Å². The third-order valence-electron chi connectivity index (χ3n) is 2.88. The molecule has 0 fully saturated rings. The maximum absolute atomic E-state index is 13.3. The lowest BCUT2D eigenvalue weighted by Gasteiger charge is -2.15. The van der Waals surface area contributed by atoms with E-state index in [0.29, 0.717) is 5.56 Å². The van der Waals surface area contributed by atoms with Gasteiger partial charge in [0.05, 0.1) is 0 Å². The van der Waals surface area contributed by atoms with Gasteiger partial charge in [-0.15, -0.1) is 0 Å². The Kier molecular flexibility index (Phi) is 5.08. The molecule has 0 heterocycles. The van der Waals surface area contributed by atoms with Gasteiger partial charge in [0.1, 0.15) is 0 Å². The number of carbonyl (C=O) groups is 2. The second-order valence-corrected chi connectivity index (χ2v) is 4.47. The molecule has 0 aliphatic heterocycles. The van der Waals surface area contributed by atoms with Crippen molar-refractivity contribution in [1.29, 1.82) is 0 Å². The summed E-state index contributed by atoms with van der Waals surface area (Å²) in [6.45, 7) is -0.475. The first-order chi connectivity index (χ1) is 10.6. The van der Waals surface area contributed by atoms with Crippen LogP contribution >= 0.6 is 0 Å². The summed E-state index contributed by atoms with van der Waals surface area (Å²) in [7, 11) is 0. The minimum atomic E-state index is -1.19. The van der Waals surface area contributed by atoms with Crippen molar-refractivity contribution in [3.63, 3.8) is 0 Å². The van der Waals surface area contributed by atoms with Gasteiger partial charge in [-0.3, -0.25) is 4.79 Å². The Bertz CT molecular complexity index is 660. The zero-order valence-corrected chi connectivity index (χ0v) is 11.5. The van der Waals surface area contributed by atoms with Crippen molar-refractivity contribution in [2.45, 2.75) is 6.04 Å². The molecule has 6 heteroatoms. The molecule has 2 aromatic carbocycles. The number of hydrogen-bond acceptors (Lipinski definition) is 3. The Morgan fingerprint density at radius 2 is 1.73 bits per heavy atom. The molecule has 2 N–H and O–H groups in total. The number of nitrogens with one attached hydrogen (secondary N) is 1. The average Bonchev–Trinajstić information content (AvgIpc) is 2.52. The van der Waals surface area contributed by atoms with Crippen LogP contribution in [-0.2, 0) is 9.59 Å². The summed E-state index contributed by atoms with van der Waals surface area (Å²) < 4.78 is 18.4. The summed E-state index contributed by atoms with van der Waals surface area (Å²) in [5.41, 5.74) is 0.439. The fourth-order valence-electron chi connectivity index (χ4n) is 1.84. The predicted molar refractivity (Wildman–Crippen MR) is 76.9 cm³/mol. The molecule has 0 saturated heterocycles. The molecule has 5 nitrogen and oxygen atoms in total. The molecule has 0 bridgehead atoms. The van der Waals surface area contributed by atoms with Gasteiger partial charge >= 0.3 is 5.97 Å². The van der Waals surface area contributed by atoms with Gasteiger partial charge in [0.2, 0.25) is 0 Å². The first kappa shape index (κ1) is 15.5. The molecule has 1 amide bonds. The van der Waals surface area contributed by atoms with Crippen LogP contribution in [0.2, 0.25) is 0 Å². The van der Waals surface area contributed by atoms with Crippen LogP contribution in [0.4, 0.5) is 4.39 Å². The van der Waals surface area contributed by atoms with Gasteiger partial charge in [0.25, 0.3) is 5.91 Å². The molecule has 22 heavy (non-hydrogen) atoms. The average molecular weight is 303 g/mol. The number of ether oxygens (including phenoxy) is 1. The van der Waals surface area contributed by atoms with Crippen molar-refractivity contribution in [3.05, 3.63) is 66.0 Å². The molecule has 1 atom stereocenters. The Balaban J connectivity index is 1.98. The number of benzene rings is 2. The van der Waals surface area contributed by atoms with Crippen molar-refractivity contribution in [1.82, 2.24) is 5.32 Å². The van der Waals surface area contributed by atoms with Crippen LogP contribution in [0.5, 0.6) is 5.75 Å². The molecule has 0 aromatic heterocycles. The number of carboxylic acids is 1. The summed E-state index contributed by atoms with van der Waals surface area (Å²) in [4.78, 5) is 23.0. The third-order valence-corrected chi connectivity index (χ3v) is 2.88. The van der Waals surface area contributed by atoms with Crippen LogP contribution < -0.4 is 10.1 Å². The topological polar surface area (TPSA) is 75.6 Å². The van der Waals surface area contributed by atoms with Gasteiger partial charge in [-0.05, 0) is 17.7 Å². The minimum Gasteiger partial charge on any atom is -0.481 e. The van der Waals surface area contributed by atoms with E-state index in [1.165, 1.54) is 18.2 Å². The van der Waals surface area contributed by atoms with Crippen LogP contribution in [0.1, 0.15) is 11.6 Å². The maximum Gasteiger partial charge on any atom is 0.330 e. The Morgan fingerprint density at radius 1 is 1.09 bits per heavy atom. The quantitative estimate of drug-likeness (QED) is 0.857. The van der Waals surface area contributed by atoms with Crippen molar-refractivity contribution in [3.8, 4) is 5.75 Å². The standard InChI is InChI=1S/C16H14FNO4/c17-12-8-4-5-9-13(12)22-10-14(19)18-15(16(20)21)11-6-2-1-3-7-11/h1-9,15H,10H2,(H,18,19)(H,20,21). The van der Waals surface area contributed by atoms with Crippen molar-refractivity contribution in [2.24, 2.45) is 0 Å². The summed E-state index contributed by atoms with van der Waals surface area (Å²) >= 11 is 0. The van der Waals surface area contributed by atoms with E-state index in [0.717, 1.165) is 0 Å². The molecule has 114 valence electrons. The Hall–Kier alpha value is -2.89. The van der Waals surface area contributed by atoms with Crippen molar-refractivity contribution in [2.75, 3.05) is 6.61 Å². The highest BCUT2D eigenvalue weighted by Gasteiger charge is 2.22. The van der Waals surface area contributed by atoms with E-state index in [-0.39, 0.29) is 5.75 Å². The van der Waals surface area contributed by atoms with E-state index in [9.17, 15) is 19.1 Å². The van der Waals surface area contributed by atoms with E-state index >= 15 is 0 Å². The normalized spacial score (nSPS) is 11.5. The van der Waals surface area contributed by atoms with E-state index < -0.39 is 30.3 Å². The zero-order valence-electron chi connectivity index (χ0n) is 11.5. The molecule has 0 aliphatic rings. The van der Waals surface area contributed by atoms with E-state index in [4.69, 9.17) is 4.74 Å². The van der Waals surface area contributed by atoms with Crippen LogP contribution in [0.15, 0.2) is 54.6 Å². The summed E-state index contributed by atoms with van der Waals surface area (Å²) in [5.74, 6) is -2.50. The fraction of sp³-hybridized carbons (Fsp3) is 0.125. The minimum absolute atomic E-state index is 0.0655. The summed E-state index contributed by atoms with van der Waals surface area (Å²) in [6, 6.07) is 12.8. The van der Waals surface area contributed by atoms with Gasteiger partial charge in [-0.2, -0.15) is 0 Å². The van der Waals surface area contributed by atoms with Crippen LogP contribution in [0, 0.1) is 5.82 Å². The van der Waals surface area contributed by atoms with Crippen molar-refractivity contribution < 1.29 is 23.8 Å². The van der Waals surface area contributed by atoms with Gasteiger partial charge in [-0.1, -0.05) is 42.5 Å². The Labute approximate surface area is 126 Å². The lowest BCUT2D eigenvalue weighted by Crippen LogP contribution is -2.36. The lowest BCUT2D eigenvalue weighted by molar-refractivity contribution is -0.142. The zero-order chi connectivity index (χ0) is 15.9. The summed E-state index contributed by atoms with van der Waals surface area (Å²) in [5, 5.41) is 11.5. The van der Waals surface area contributed by atoms with Crippen LogP contribution in [0.25, 0.3) is 0 Å². The van der Waals surface area contributed by atoms with Gasteiger partial charge in [0.15, 0.2) is 24.2 Å². The molecule has 0 spiro atoms. The third kappa shape index (κ3) is 4.05. The first-order valence-corrected chi connectivity index (χ1v) is 6.52. The number of halogens is 1. The number of para-hydroxylation sites is 1. The second-order valence-electron chi connectivity index (χ2n) is 4.47. The fourth-order valence-corrected chi connectivity index (χ4v) is 1.84.